The Hall–Kier alpha value is -0.340. The summed E-state index contributed by atoms with van der Waals surface area (Å²) in [6.07, 6.45) is 16.4. The fourth-order valence-electron chi connectivity index (χ4n) is 2.49. The minimum atomic E-state index is 0.402. The predicted octanol–water partition coefficient (Wildman–Crippen LogP) is 6.69. The summed E-state index contributed by atoms with van der Waals surface area (Å²) in [7, 11) is 0. The summed E-state index contributed by atoms with van der Waals surface area (Å²) in [6.45, 7) is 13.3. The van der Waals surface area contributed by atoms with Crippen molar-refractivity contribution in [3.05, 3.63) is 12.2 Å². The van der Waals surface area contributed by atoms with Crippen LogP contribution in [-0.4, -0.2) is 25.9 Å². The molecule has 0 aromatic rings. The average Bonchev–Trinajstić information content (AvgIpc) is 3.36. The SMILES string of the molecule is C=C(CCC)CCCOCC1CO1.CCCCCCCCCC. The van der Waals surface area contributed by atoms with Crippen LogP contribution < -0.4 is 0 Å². The minimum absolute atomic E-state index is 0.402. The van der Waals surface area contributed by atoms with Gasteiger partial charge in [-0.1, -0.05) is 90.7 Å². The van der Waals surface area contributed by atoms with Gasteiger partial charge in [-0.25, -0.2) is 0 Å². The first kappa shape index (κ1) is 22.7. The molecule has 0 N–H and O–H groups in total. The Bertz CT molecular complexity index is 238. The topological polar surface area (TPSA) is 21.8 Å². The summed E-state index contributed by atoms with van der Waals surface area (Å²) in [4.78, 5) is 0. The zero-order valence-electron chi connectivity index (χ0n) is 16.2. The highest BCUT2D eigenvalue weighted by Crippen LogP contribution is 2.11. The van der Waals surface area contributed by atoms with Crippen molar-refractivity contribution in [3.63, 3.8) is 0 Å². The molecule has 1 heterocycles. The smallest absolute Gasteiger partial charge is 0.104 e. The summed E-state index contributed by atoms with van der Waals surface area (Å²) in [5.74, 6) is 0. The molecule has 0 radical (unpaired) electrons. The first-order valence-corrected chi connectivity index (χ1v) is 10.1. The Labute approximate surface area is 146 Å². The summed E-state index contributed by atoms with van der Waals surface area (Å²) < 4.78 is 10.5. The molecule has 2 heteroatoms. The maximum absolute atomic E-state index is 5.42. The fraction of sp³-hybridized carbons (Fsp3) is 0.905. The lowest BCUT2D eigenvalue weighted by Gasteiger charge is -2.04. The van der Waals surface area contributed by atoms with E-state index in [1.807, 2.05) is 0 Å². The number of rotatable bonds is 15. The molecular weight excluding hydrogens is 284 g/mol. The van der Waals surface area contributed by atoms with E-state index in [1.54, 1.807) is 0 Å². The molecule has 0 saturated carbocycles. The normalized spacial score (nSPS) is 15.9. The molecule has 1 saturated heterocycles. The molecule has 0 aromatic heterocycles. The lowest BCUT2D eigenvalue weighted by atomic mass is 10.1. The van der Waals surface area contributed by atoms with Crippen LogP contribution in [-0.2, 0) is 9.47 Å². The van der Waals surface area contributed by atoms with Gasteiger partial charge in [0.1, 0.15) is 6.10 Å². The van der Waals surface area contributed by atoms with Crippen LogP contribution in [0.1, 0.15) is 97.8 Å². The van der Waals surface area contributed by atoms with Gasteiger partial charge < -0.3 is 9.47 Å². The number of hydrogen-bond donors (Lipinski definition) is 0. The first-order valence-electron chi connectivity index (χ1n) is 10.1. The zero-order valence-corrected chi connectivity index (χ0v) is 16.2. The monoisotopic (exact) mass is 326 g/mol. The third-order valence-electron chi connectivity index (χ3n) is 4.09. The molecule has 1 rings (SSSR count). The highest BCUT2D eigenvalue weighted by molar-refractivity contribution is 4.92. The van der Waals surface area contributed by atoms with Crippen LogP contribution in [0.3, 0.4) is 0 Å². The van der Waals surface area contributed by atoms with Crippen LogP contribution in [0.4, 0.5) is 0 Å². The van der Waals surface area contributed by atoms with Gasteiger partial charge in [0, 0.05) is 6.61 Å². The third kappa shape index (κ3) is 19.6. The largest absolute Gasteiger partial charge is 0.379 e. The average molecular weight is 327 g/mol. The maximum atomic E-state index is 5.42. The maximum Gasteiger partial charge on any atom is 0.104 e. The van der Waals surface area contributed by atoms with Gasteiger partial charge in [0.15, 0.2) is 0 Å². The second kappa shape index (κ2) is 18.0. The van der Waals surface area contributed by atoms with Crippen LogP contribution >= 0.6 is 0 Å². The Morgan fingerprint density at radius 2 is 1.43 bits per heavy atom. The Kier molecular flexibility index (Phi) is 17.7. The minimum Gasteiger partial charge on any atom is -0.379 e. The van der Waals surface area contributed by atoms with Crippen LogP contribution in [0.5, 0.6) is 0 Å². The van der Waals surface area contributed by atoms with Crippen molar-refractivity contribution in [3.8, 4) is 0 Å². The van der Waals surface area contributed by atoms with E-state index in [-0.39, 0.29) is 0 Å². The van der Waals surface area contributed by atoms with E-state index in [2.05, 4.69) is 27.4 Å². The van der Waals surface area contributed by atoms with Gasteiger partial charge in [0.2, 0.25) is 0 Å². The molecule has 1 atom stereocenters. The summed E-state index contributed by atoms with van der Waals surface area (Å²) in [5.41, 5.74) is 1.36. The number of epoxide rings is 1. The Balaban J connectivity index is 0.000000438. The van der Waals surface area contributed by atoms with Gasteiger partial charge >= 0.3 is 0 Å². The van der Waals surface area contributed by atoms with Gasteiger partial charge in [-0.2, -0.15) is 0 Å². The molecule has 1 unspecified atom stereocenters. The first-order chi connectivity index (χ1) is 11.2. The molecule has 138 valence electrons. The summed E-state index contributed by atoms with van der Waals surface area (Å²) in [5, 5.41) is 0. The molecule has 0 bridgehead atoms. The second-order valence-electron chi connectivity index (χ2n) is 6.76. The summed E-state index contributed by atoms with van der Waals surface area (Å²) >= 11 is 0. The van der Waals surface area contributed by atoms with Crippen molar-refractivity contribution in [1.82, 2.24) is 0 Å². The molecule has 0 aliphatic carbocycles. The molecule has 0 spiro atoms. The molecule has 23 heavy (non-hydrogen) atoms. The van der Waals surface area contributed by atoms with Crippen molar-refractivity contribution in [2.45, 2.75) is 104 Å². The van der Waals surface area contributed by atoms with Gasteiger partial charge in [-0.3, -0.25) is 0 Å². The molecule has 1 aliphatic heterocycles. The number of unbranched alkanes of at least 4 members (excludes halogenated alkanes) is 7. The highest BCUT2D eigenvalue weighted by atomic mass is 16.6. The quantitative estimate of drug-likeness (QED) is 0.190. The van der Waals surface area contributed by atoms with E-state index in [1.165, 1.54) is 63.4 Å². The van der Waals surface area contributed by atoms with Gasteiger partial charge in [-0.15, -0.1) is 0 Å². The molecule has 1 aliphatic rings. The van der Waals surface area contributed by atoms with E-state index in [0.29, 0.717) is 6.10 Å². The van der Waals surface area contributed by atoms with Gasteiger partial charge in [0.05, 0.1) is 13.2 Å². The highest BCUT2D eigenvalue weighted by Gasteiger charge is 2.21. The third-order valence-corrected chi connectivity index (χ3v) is 4.09. The van der Waals surface area contributed by atoms with E-state index < -0.39 is 0 Å². The van der Waals surface area contributed by atoms with Crippen molar-refractivity contribution >= 4 is 0 Å². The molecule has 1 fully saturated rings. The van der Waals surface area contributed by atoms with Gasteiger partial charge in [-0.05, 0) is 19.3 Å². The van der Waals surface area contributed by atoms with Crippen molar-refractivity contribution in [1.29, 1.82) is 0 Å². The summed E-state index contributed by atoms with van der Waals surface area (Å²) in [6, 6.07) is 0. The fourth-order valence-corrected chi connectivity index (χ4v) is 2.49. The number of hydrogen-bond acceptors (Lipinski definition) is 2. The van der Waals surface area contributed by atoms with Crippen LogP contribution in [0.2, 0.25) is 0 Å². The number of ether oxygens (including phenoxy) is 2. The molecule has 2 nitrogen and oxygen atoms in total. The predicted molar refractivity (Wildman–Crippen MR) is 102 cm³/mol. The zero-order chi connectivity index (χ0) is 17.2. The van der Waals surface area contributed by atoms with E-state index in [9.17, 15) is 0 Å². The van der Waals surface area contributed by atoms with Crippen LogP contribution in [0.15, 0.2) is 12.2 Å². The lowest BCUT2D eigenvalue weighted by Crippen LogP contribution is -2.02. The molecule has 0 amide bonds. The van der Waals surface area contributed by atoms with E-state index in [4.69, 9.17) is 9.47 Å². The van der Waals surface area contributed by atoms with Crippen molar-refractivity contribution in [2.75, 3.05) is 19.8 Å². The lowest BCUT2D eigenvalue weighted by molar-refractivity contribution is 0.114. The Morgan fingerprint density at radius 1 is 0.870 bits per heavy atom. The Morgan fingerprint density at radius 3 is 1.91 bits per heavy atom. The van der Waals surface area contributed by atoms with Gasteiger partial charge in [0.25, 0.3) is 0 Å². The van der Waals surface area contributed by atoms with E-state index in [0.717, 1.165) is 39.1 Å². The second-order valence-corrected chi connectivity index (χ2v) is 6.76. The standard InChI is InChI=1S/C11H20O2.C10H22/c1-3-5-10(2)6-4-7-12-8-11-9-13-11;1-3-5-7-9-10-8-6-4-2/h11H,2-9H2,1H3;3-10H2,1-2H3. The molecule has 0 aromatic carbocycles. The van der Waals surface area contributed by atoms with Crippen LogP contribution in [0.25, 0.3) is 0 Å². The van der Waals surface area contributed by atoms with E-state index >= 15 is 0 Å². The van der Waals surface area contributed by atoms with Crippen molar-refractivity contribution in [2.24, 2.45) is 0 Å². The van der Waals surface area contributed by atoms with Crippen molar-refractivity contribution < 1.29 is 9.47 Å². The molecular formula is C21H42O2. The number of allylic oxidation sites excluding steroid dienone is 1. The van der Waals surface area contributed by atoms with Crippen LogP contribution in [0, 0.1) is 0 Å².